The highest BCUT2D eigenvalue weighted by Crippen LogP contribution is 2.65. The van der Waals surface area contributed by atoms with Crippen molar-refractivity contribution in [2.45, 2.75) is 168 Å². The quantitative estimate of drug-likeness (QED) is 0.207. The Morgan fingerprint density at radius 3 is 1.80 bits per heavy atom. The summed E-state index contributed by atoms with van der Waals surface area (Å²) in [5.41, 5.74) is -11.4. The number of hydrogen-bond donors (Lipinski definition) is 2. The monoisotopic (exact) mass is 784 g/mol. The maximum atomic E-state index is 15.7. The lowest BCUT2D eigenvalue weighted by atomic mass is 9.45. The molecule has 0 unspecified atom stereocenters. The molecule has 1 spiro atoms. The lowest BCUT2D eigenvalue weighted by Gasteiger charge is -2.62. The number of rotatable bonds is 5. The van der Waals surface area contributed by atoms with Crippen LogP contribution in [0.2, 0.25) is 0 Å². The van der Waals surface area contributed by atoms with Crippen molar-refractivity contribution >= 4 is 36.4 Å². The van der Waals surface area contributed by atoms with Crippen LogP contribution in [0.3, 0.4) is 0 Å². The average Bonchev–Trinajstić information content (AvgIpc) is 3.29. The van der Waals surface area contributed by atoms with Gasteiger partial charge < -0.3 is 52.8 Å². The summed E-state index contributed by atoms with van der Waals surface area (Å²) in [5, 5.41) is 24.5. The van der Waals surface area contributed by atoms with E-state index < -0.39 is 125 Å². The number of fused-ring (bicyclic) bond motifs is 3. The molecule has 310 valence electrons. The number of hydrogen-bond acceptors (Lipinski definition) is 17. The van der Waals surface area contributed by atoms with Crippen LogP contribution in [-0.4, -0.2) is 112 Å². The molecule has 17 nitrogen and oxygen atoms in total. The van der Waals surface area contributed by atoms with Crippen molar-refractivity contribution in [2.75, 3.05) is 6.61 Å². The number of carbonyl (C=O) groups is 6. The third-order valence-electron chi connectivity index (χ3n) is 10.6. The fourth-order valence-electron chi connectivity index (χ4n) is 8.37. The maximum Gasteiger partial charge on any atom is 0.509 e. The van der Waals surface area contributed by atoms with Crippen molar-refractivity contribution in [1.82, 2.24) is 0 Å². The van der Waals surface area contributed by atoms with Crippen LogP contribution in [0, 0.1) is 16.7 Å². The molecule has 4 rings (SSSR count). The maximum absolute atomic E-state index is 15.7. The zero-order valence-corrected chi connectivity index (χ0v) is 34.1. The fourth-order valence-corrected chi connectivity index (χ4v) is 8.37. The first-order valence-corrected chi connectivity index (χ1v) is 18.2. The lowest BCUT2D eigenvalue weighted by Crippen LogP contribution is -2.77. The minimum absolute atomic E-state index is 0.0248. The van der Waals surface area contributed by atoms with Crippen molar-refractivity contribution in [1.29, 1.82) is 0 Å². The Morgan fingerprint density at radius 2 is 1.31 bits per heavy atom. The summed E-state index contributed by atoms with van der Waals surface area (Å²) >= 11 is 0. The van der Waals surface area contributed by atoms with Crippen molar-refractivity contribution in [3.05, 3.63) is 11.1 Å². The molecular weight excluding hydrogens is 728 g/mol. The third kappa shape index (κ3) is 8.23. The van der Waals surface area contributed by atoms with Gasteiger partial charge in [-0.25, -0.2) is 19.2 Å². The van der Waals surface area contributed by atoms with Crippen LogP contribution < -0.4 is 0 Å². The highest BCUT2D eigenvalue weighted by molar-refractivity contribution is 5.95. The third-order valence-corrected chi connectivity index (χ3v) is 10.6. The van der Waals surface area contributed by atoms with E-state index in [0.717, 1.165) is 6.92 Å². The van der Waals surface area contributed by atoms with E-state index in [1.165, 1.54) is 6.92 Å². The number of carbonyl (C=O) groups excluding carboxylic acids is 6. The van der Waals surface area contributed by atoms with Crippen LogP contribution in [-0.2, 0) is 52.2 Å². The molecule has 3 aliphatic carbocycles. The number of Topliss-reactive ketones (excluding diaryl/α,β-unsaturated/α-hetero) is 1. The topological polar surface area (TPSA) is 226 Å². The molecule has 0 amide bonds. The predicted molar refractivity (Wildman–Crippen MR) is 187 cm³/mol. The van der Waals surface area contributed by atoms with Gasteiger partial charge in [-0.1, -0.05) is 13.8 Å². The van der Waals surface area contributed by atoms with E-state index in [9.17, 15) is 34.2 Å². The Balaban J connectivity index is 2.11. The second kappa shape index (κ2) is 14.1. The van der Waals surface area contributed by atoms with E-state index in [0.29, 0.717) is 0 Å². The van der Waals surface area contributed by atoms with E-state index in [1.54, 1.807) is 83.1 Å². The molecule has 1 aliphatic heterocycles. The molecule has 3 fully saturated rings. The minimum atomic E-state index is -2.63. The number of ketones is 1. The first-order chi connectivity index (χ1) is 24.8. The summed E-state index contributed by atoms with van der Waals surface area (Å²) < 4.78 is 51.2. The molecule has 1 heterocycles. The van der Waals surface area contributed by atoms with Gasteiger partial charge in [0.2, 0.25) is 0 Å². The Kier molecular flexibility index (Phi) is 11.2. The highest BCUT2D eigenvalue weighted by atomic mass is 16.8. The predicted octanol–water partition coefficient (Wildman–Crippen LogP) is 5.23. The SMILES string of the molecule is CC(=O)OC[C@@]1(O)[C@H]2[C@@H]3OC(=O)O[C@]34C[C@H](OC(=O)OC(C)(C)C)C(C)=C([C@@H](OC(=O)OC(C)(C)C)C(=O)[C@]2(C)[C@@H](OC(=O)OC(C)(C)C)C[C@@H]1O)C4(C)C. The van der Waals surface area contributed by atoms with Gasteiger partial charge in [-0.3, -0.25) is 9.59 Å². The molecule has 1 saturated heterocycles. The molecule has 4 aliphatic rings. The minimum Gasteiger partial charge on any atom is -0.463 e. The first-order valence-electron chi connectivity index (χ1n) is 18.2. The Morgan fingerprint density at radius 1 is 0.818 bits per heavy atom. The molecule has 2 bridgehead atoms. The van der Waals surface area contributed by atoms with Gasteiger partial charge in [0.15, 0.2) is 23.6 Å². The summed E-state index contributed by atoms with van der Waals surface area (Å²) in [6.45, 7) is 20.4. The van der Waals surface area contributed by atoms with Crippen LogP contribution in [0.4, 0.5) is 19.2 Å². The fraction of sp³-hybridized carbons (Fsp3) is 0.789. The number of ether oxygens (including phenoxy) is 9. The molecule has 2 N–H and O–H groups in total. The largest absolute Gasteiger partial charge is 0.509 e. The summed E-state index contributed by atoms with van der Waals surface area (Å²) in [7, 11) is 0. The van der Waals surface area contributed by atoms with Crippen LogP contribution in [0.1, 0.15) is 110 Å². The van der Waals surface area contributed by atoms with Gasteiger partial charge in [-0.2, -0.15) is 0 Å². The van der Waals surface area contributed by atoms with E-state index in [4.69, 9.17) is 42.6 Å². The summed E-state index contributed by atoms with van der Waals surface area (Å²) in [6.07, 6.45) is -14.5. The average molecular weight is 785 g/mol. The van der Waals surface area contributed by atoms with Gasteiger partial charge >= 0.3 is 30.6 Å². The van der Waals surface area contributed by atoms with E-state index in [1.807, 2.05) is 0 Å². The molecular formula is C38H56O17. The Bertz CT molecular complexity index is 1630. The molecule has 0 aromatic heterocycles. The molecule has 0 aromatic rings. The zero-order chi connectivity index (χ0) is 42.1. The van der Waals surface area contributed by atoms with E-state index in [2.05, 4.69) is 0 Å². The molecule has 17 heteroatoms. The van der Waals surface area contributed by atoms with Gasteiger partial charge in [0.1, 0.15) is 41.2 Å². The molecule has 2 saturated carbocycles. The van der Waals surface area contributed by atoms with Gasteiger partial charge in [0.25, 0.3) is 0 Å². The molecule has 55 heavy (non-hydrogen) atoms. The van der Waals surface area contributed by atoms with Crippen LogP contribution in [0.15, 0.2) is 11.1 Å². The van der Waals surface area contributed by atoms with E-state index in [-0.39, 0.29) is 17.6 Å². The van der Waals surface area contributed by atoms with Gasteiger partial charge in [0, 0.05) is 25.2 Å². The van der Waals surface area contributed by atoms with Gasteiger partial charge in [-0.05, 0) is 87.3 Å². The zero-order valence-electron chi connectivity index (χ0n) is 34.1. The van der Waals surface area contributed by atoms with Crippen molar-refractivity contribution < 1.29 is 81.6 Å². The lowest BCUT2D eigenvalue weighted by molar-refractivity contribution is -0.268. The number of esters is 1. The van der Waals surface area contributed by atoms with E-state index >= 15 is 4.79 Å². The first kappa shape index (κ1) is 43.6. The number of aliphatic hydroxyl groups excluding tert-OH is 1. The second-order valence-electron chi connectivity index (χ2n) is 18.5. The molecule has 0 radical (unpaired) electrons. The van der Waals surface area contributed by atoms with Crippen molar-refractivity contribution in [3.8, 4) is 0 Å². The van der Waals surface area contributed by atoms with Crippen molar-refractivity contribution in [2.24, 2.45) is 16.7 Å². The summed E-state index contributed by atoms with van der Waals surface area (Å²) in [4.78, 5) is 81.5. The highest BCUT2D eigenvalue weighted by Gasteiger charge is 2.79. The normalized spacial score (nSPS) is 34.3. The summed E-state index contributed by atoms with van der Waals surface area (Å²) in [5.74, 6) is -3.71. The standard InChI is InChI=1S/C38H56O17/c1-18-20(48-28(42)52-32(3,4)5)16-38-27(51-31(45)55-38)25-36(14,26(41)24(23(18)35(38,12)13)50-30(44)54-34(9,10)11)22(49-29(43)53-33(6,7)8)15-21(40)37(25,46)17-47-19(2)39/h20-22,24-25,27,40,46H,15-17H2,1-14H3/t20-,21-,22-,24+,25-,27-,36+,37-,38+/m0/s1. The Hall–Kier alpha value is -4.12. The van der Waals surface area contributed by atoms with Crippen molar-refractivity contribution in [3.63, 3.8) is 0 Å². The van der Waals surface area contributed by atoms with Crippen LogP contribution in [0.25, 0.3) is 0 Å². The Labute approximate surface area is 320 Å². The number of aliphatic hydroxyl groups is 2. The smallest absolute Gasteiger partial charge is 0.463 e. The van der Waals surface area contributed by atoms with Crippen LogP contribution >= 0.6 is 0 Å². The second-order valence-corrected chi connectivity index (χ2v) is 18.5. The van der Waals surface area contributed by atoms with Crippen LogP contribution in [0.5, 0.6) is 0 Å². The van der Waals surface area contributed by atoms with Gasteiger partial charge in [0.05, 0.1) is 17.4 Å². The van der Waals surface area contributed by atoms with Gasteiger partial charge in [-0.15, -0.1) is 0 Å². The molecule has 0 aromatic carbocycles. The summed E-state index contributed by atoms with van der Waals surface area (Å²) in [6, 6.07) is 0. The molecule has 9 atom stereocenters.